The Morgan fingerprint density at radius 3 is 1.22 bits per heavy atom. The summed E-state index contributed by atoms with van der Waals surface area (Å²) in [6.45, 7) is 9.45. The zero-order valence-corrected chi connectivity index (χ0v) is 23.7. The summed E-state index contributed by atoms with van der Waals surface area (Å²) in [5.74, 6) is -0.549. The van der Waals surface area contributed by atoms with Gasteiger partial charge in [0.15, 0.2) is 6.73 Å². The minimum atomic E-state index is -0.381. The molecule has 0 rings (SSSR count). The van der Waals surface area contributed by atoms with E-state index in [1.165, 1.54) is 39.5 Å². The number of amides is 1. The van der Waals surface area contributed by atoms with Crippen molar-refractivity contribution >= 4 is 84.8 Å². The van der Waals surface area contributed by atoms with Crippen LogP contribution in [0, 0.1) is 0 Å². The van der Waals surface area contributed by atoms with Crippen molar-refractivity contribution in [3.8, 4) is 0 Å². The molecular formula is C16H38I4NO6-. The van der Waals surface area contributed by atoms with Crippen LogP contribution in [0.15, 0.2) is 0 Å². The molecule has 0 spiro atoms. The Hall–Kier alpha value is 1.00. The Morgan fingerprint density at radius 2 is 1.11 bits per heavy atom. The third-order valence-electron chi connectivity index (χ3n) is 1.35. The van der Waals surface area contributed by atoms with Crippen molar-refractivity contribution < 1.29 is 41.9 Å². The summed E-state index contributed by atoms with van der Waals surface area (Å²) in [5, 5.41) is 0. The molecule has 0 N–H and O–H groups in total. The summed E-state index contributed by atoms with van der Waals surface area (Å²) < 4.78 is 8.93. The van der Waals surface area contributed by atoms with Gasteiger partial charge in [-0.05, 0) is 20.8 Å². The predicted molar refractivity (Wildman–Crippen MR) is 137 cm³/mol. The van der Waals surface area contributed by atoms with Gasteiger partial charge in [-0.1, -0.05) is 22.3 Å². The van der Waals surface area contributed by atoms with Crippen LogP contribution in [0.5, 0.6) is 0 Å². The zero-order valence-electron chi connectivity index (χ0n) is 14.9. The minimum absolute atomic E-state index is 0. The molecule has 172 valence electrons. The van der Waals surface area contributed by atoms with Gasteiger partial charge in [0, 0.05) is 27.8 Å². The molecule has 1 amide bonds. The fraction of sp³-hybridized carbons (Fsp3) is 0.750. The van der Waals surface area contributed by atoms with Crippen molar-refractivity contribution in [1.29, 1.82) is 0 Å². The van der Waals surface area contributed by atoms with Crippen LogP contribution in [0.25, 0.3) is 0 Å². The van der Waals surface area contributed by atoms with E-state index in [9.17, 15) is 19.2 Å². The number of nitrogens with zero attached hydrogens (tertiary/aromatic N) is 1. The van der Waals surface area contributed by atoms with E-state index in [1.807, 2.05) is 0 Å². The summed E-state index contributed by atoms with van der Waals surface area (Å²) in [4.78, 5) is 41.3. The molecular weight excluding hydrogens is 810 g/mol. The molecule has 0 unspecified atom stereocenters. The van der Waals surface area contributed by atoms with Gasteiger partial charge >= 0.3 is 62.4 Å². The molecule has 0 aromatic carbocycles. The molecule has 11 heteroatoms. The van der Waals surface area contributed by atoms with Gasteiger partial charge in [0.2, 0.25) is 5.91 Å². The van der Waals surface area contributed by atoms with Gasteiger partial charge in [-0.3, -0.25) is 14.4 Å². The second-order valence-corrected chi connectivity index (χ2v) is 20.1. The first-order chi connectivity index (χ1) is 10.5. The van der Waals surface area contributed by atoms with Crippen molar-refractivity contribution in [3.63, 3.8) is 0 Å². The normalized spacial score (nSPS) is 6.70. The first-order valence-electron chi connectivity index (χ1n) is 6.28. The first-order valence-corrected chi connectivity index (χ1v) is 18.9. The van der Waals surface area contributed by atoms with E-state index in [2.05, 4.69) is 46.7 Å². The van der Waals surface area contributed by atoms with E-state index < -0.39 is 0 Å². The number of rotatable bonds is 3. The summed E-state index contributed by atoms with van der Waals surface area (Å²) in [6.07, 6.45) is 0. The van der Waals surface area contributed by atoms with E-state index in [1.54, 1.807) is 14.0 Å². The van der Waals surface area contributed by atoms with Crippen LogP contribution in [-0.4, -0.2) is 48.9 Å². The molecule has 0 aromatic rings. The predicted octanol–water partition coefficient (Wildman–Crippen LogP) is 2.45. The van der Waals surface area contributed by atoms with E-state index >= 15 is 0 Å². The Kier molecular flexibility index (Phi) is 78.2. The average molecular weight is 848 g/mol. The topological polar surface area (TPSA) is 90.0 Å². The zero-order chi connectivity index (χ0) is 19.4. The van der Waals surface area contributed by atoms with Crippen LogP contribution in [0.3, 0.4) is 0 Å². The fourth-order valence-corrected chi connectivity index (χ4v) is 0.482. The Balaban J connectivity index is -0.0000000311. The quantitative estimate of drug-likeness (QED) is 0.247. The second kappa shape index (κ2) is 41.4. The number of esters is 2. The summed E-state index contributed by atoms with van der Waals surface area (Å²) in [6, 6.07) is 0. The van der Waals surface area contributed by atoms with Gasteiger partial charge in [0.1, 0.15) is 5.78 Å². The van der Waals surface area contributed by atoms with E-state index in [0.29, 0.717) is 19.9 Å². The molecule has 0 heterocycles. The van der Waals surface area contributed by atoms with Crippen molar-refractivity contribution in [3.05, 3.63) is 0 Å². The van der Waals surface area contributed by atoms with E-state index in [4.69, 9.17) is 0 Å². The fourth-order valence-electron chi connectivity index (χ4n) is 0.482. The Labute approximate surface area is 213 Å². The standard InChI is InChI=1S/C6H11NO3.C4H8O2.C3H6O.3CH4.I3.HI/c1-5(8)7(3)4-10-6(2)9;1-3-6-4(2)5;1-3(2)4;;;;1-3-2;/h4H2,1-3H3;3H2,1-2H3;1-2H3;3*1H4;;1H/q;;;;;;-1;. The molecule has 0 saturated carbocycles. The van der Waals surface area contributed by atoms with Gasteiger partial charge in [0.25, 0.3) is 0 Å². The molecule has 0 saturated heterocycles. The molecule has 7 nitrogen and oxygen atoms in total. The number of ketones is 1. The number of hydrogen-bond donors (Lipinski definition) is 0. The third kappa shape index (κ3) is 99.9. The van der Waals surface area contributed by atoms with Crippen molar-refractivity contribution in [2.24, 2.45) is 0 Å². The molecule has 0 aliphatic heterocycles. The van der Waals surface area contributed by atoms with Gasteiger partial charge in [0.05, 0.1) is 6.61 Å². The van der Waals surface area contributed by atoms with Gasteiger partial charge in [-0.2, -0.15) is 0 Å². The van der Waals surface area contributed by atoms with Crippen molar-refractivity contribution in [2.75, 3.05) is 20.4 Å². The van der Waals surface area contributed by atoms with E-state index in [-0.39, 0.29) is 76.6 Å². The molecule has 0 fully saturated rings. The van der Waals surface area contributed by atoms with E-state index in [0.717, 1.165) is 0 Å². The summed E-state index contributed by atoms with van der Waals surface area (Å²) in [5.41, 5.74) is 0. The second-order valence-electron chi connectivity index (χ2n) is 3.87. The molecule has 0 aromatic heterocycles. The van der Waals surface area contributed by atoms with Crippen LogP contribution in [0.4, 0.5) is 0 Å². The number of carbonyl (C=O) groups is 4. The number of carbonyl (C=O) groups excluding carboxylic acids is 4. The number of ether oxygens (including phenoxy) is 2. The maximum absolute atomic E-state index is 10.5. The Morgan fingerprint density at radius 1 is 0.852 bits per heavy atom. The Bertz CT molecular complexity index is 341. The maximum atomic E-state index is 10.5. The van der Waals surface area contributed by atoms with Crippen LogP contribution >= 0.6 is 61.2 Å². The molecule has 27 heavy (non-hydrogen) atoms. The van der Waals surface area contributed by atoms with Crippen molar-refractivity contribution in [2.45, 2.75) is 63.8 Å². The van der Waals surface area contributed by atoms with Crippen LogP contribution in [0.2, 0.25) is 0 Å². The monoisotopic (exact) mass is 848 g/mol. The number of Topliss-reactive ketones (excluding diaryl/α,β-unsaturated/α-hetero) is 1. The molecule has 0 radical (unpaired) electrons. The summed E-state index contributed by atoms with van der Waals surface area (Å²) >= 11 is 5.30. The van der Waals surface area contributed by atoms with Gasteiger partial charge in [-0.15, -0.1) is 24.0 Å². The summed E-state index contributed by atoms with van der Waals surface area (Å²) in [7, 11) is 1.56. The van der Waals surface area contributed by atoms with Crippen LogP contribution < -0.4 is 13.3 Å². The van der Waals surface area contributed by atoms with Crippen LogP contribution in [-0.2, 0) is 28.7 Å². The molecule has 0 atom stereocenters. The average Bonchev–Trinajstić information content (AvgIpc) is 2.36. The first kappa shape index (κ1) is 51.0. The molecule has 0 aliphatic carbocycles. The number of halogens is 4. The third-order valence-corrected chi connectivity index (χ3v) is 1.35. The molecule has 0 aliphatic rings. The molecule has 0 bridgehead atoms. The van der Waals surface area contributed by atoms with Gasteiger partial charge < -0.3 is 19.2 Å². The SMILES string of the molecule is C.C.C.CC(=O)OCN(C)C(C)=O.CC(C)=O.CCOC(C)=O.I.I[I-]I. The van der Waals surface area contributed by atoms with Crippen LogP contribution in [0.1, 0.15) is 63.8 Å². The number of hydrogen-bond acceptors (Lipinski definition) is 6. The van der Waals surface area contributed by atoms with Crippen molar-refractivity contribution in [1.82, 2.24) is 4.90 Å². The van der Waals surface area contributed by atoms with Gasteiger partial charge in [-0.25, -0.2) is 0 Å².